The van der Waals surface area contributed by atoms with Crippen molar-refractivity contribution < 1.29 is 4.74 Å². The zero-order valence-corrected chi connectivity index (χ0v) is 13.3. The molecule has 0 bridgehead atoms. The summed E-state index contributed by atoms with van der Waals surface area (Å²) in [6.07, 6.45) is 1.85. The van der Waals surface area contributed by atoms with Gasteiger partial charge in [-0.05, 0) is 0 Å². The van der Waals surface area contributed by atoms with E-state index in [1.54, 1.807) is 7.11 Å². The molecule has 4 heteroatoms. The molecule has 0 unspecified atom stereocenters. The number of hydrogen-bond donors (Lipinski definition) is 0. The van der Waals surface area contributed by atoms with Gasteiger partial charge in [-0.25, -0.2) is 0 Å². The molecule has 0 aliphatic carbocycles. The molecule has 2 nitrogen and oxygen atoms in total. The summed E-state index contributed by atoms with van der Waals surface area (Å²) in [5.41, 5.74) is 0.949. The van der Waals surface area contributed by atoms with Gasteiger partial charge in [-0.15, -0.1) is 0 Å². The van der Waals surface area contributed by atoms with Gasteiger partial charge in [0.2, 0.25) is 0 Å². The van der Waals surface area contributed by atoms with E-state index < -0.39 is 0 Å². The molecule has 0 radical (unpaired) electrons. The first kappa shape index (κ1) is 13.4. The van der Waals surface area contributed by atoms with Crippen molar-refractivity contribution in [1.82, 2.24) is 4.98 Å². The average molecular weight is 349 g/mol. The first-order valence-electron chi connectivity index (χ1n) is 6.12. The molecule has 0 aliphatic rings. The molecule has 0 N–H and O–H groups in total. The Labute approximate surface area is 128 Å². The van der Waals surface area contributed by atoms with E-state index in [0.29, 0.717) is 0 Å². The van der Waals surface area contributed by atoms with Crippen LogP contribution in [0, 0.1) is 0 Å². The van der Waals surface area contributed by atoms with E-state index in [4.69, 9.17) is 16.3 Å². The van der Waals surface area contributed by atoms with Crippen molar-refractivity contribution >= 4 is 46.4 Å². The predicted molar refractivity (Wildman–Crippen MR) is 84.8 cm³/mol. The zero-order valence-electron chi connectivity index (χ0n) is 10.8. The number of ether oxygens (including phenoxy) is 1. The maximum atomic E-state index is 6.02. The first-order chi connectivity index (χ1) is 9.76. The summed E-state index contributed by atoms with van der Waals surface area (Å²) in [5, 5.41) is 1.90. The van der Waals surface area contributed by atoms with Gasteiger partial charge in [-0.3, -0.25) is 0 Å². The Morgan fingerprint density at radius 1 is 1.05 bits per heavy atom. The van der Waals surface area contributed by atoms with Crippen LogP contribution in [0.5, 0.6) is 5.75 Å². The van der Waals surface area contributed by atoms with Crippen LogP contribution in [0.2, 0.25) is 5.02 Å². The second kappa shape index (κ2) is 5.84. The summed E-state index contributed by atoms with van der Waals surface area (Å²) in [7, 11) is 1.68. The molecule has 1 heterocycles. The second-order valence-corrected chi connectivity index (χ2v) is 7.02. The van der Waals surface area contributed by atoms with Crippen molar-refractivity contribution in [3.8, 4) is 5.75 Å². The van der Waals surface area contributed by atoms with Crippen LogP contribution in [0.25, 0.3) is 10.9 Å². The Balaban J connectivity index is 1.97. The third kappa shape index (κ3) is 2.80. The Hall–Kier alpha value is -1.54. The van der Waals surface area contributed by atoms with Gasteiger partial charge < -0.3 is 0 Å². The Morgan fingerprint density at radius 3 is 2.60 bits per heavy atom. The van der Waals surface area contributed by atoms with Gasteiger partial charge in [0.15, 0.2) is 0 Å². The molecule has 0 fully saturated rings. The average Bonchev–Trinajstić information content (AvgIpc) is 2.48. The molecule has 0 aliphatic heterocycles. The van der Waals surface area contributed by atoms with Crippen LogP contribution in [0.3, 0.4) is 0 Å². The number of halogens is 1. The van der Waals surface area contributed by atoms with Crippen LogP contribution < -0.4 is 13.7 Å². The van der Waals surface area contributed by atoms with E-state index >= 15 is 0 Å². The fraction of sp³-hybridized carbons (Fsp3) is 0.0625. The number of benzene rings is 2. The van der Waals surface area contributed by atoms with Gasteiger partial charge in [0, 0.05) is 0 Å². The van der Waals surface area contributed by atoms with Crippen LogP contribution in [0.4, 0.5) is 0 Å². The van der Waals surface area contributed by atoms with Gasteiger partial charge >= 0.3 is 129 Å². The zero-order chi connectivity index (χ0) is 13.9. The summed E-state index contributed by atoms with van der Waals surface area (Å²) in [6.45, 7) is 0. The standard InChI is InChI=1S/C16H12ClNOSe/c1-19-12-3-5-13(6-4-12)20-16-8-9-18-15-10-11(17)2-7-14(15)16/h2-10H,1H3. The van der Waals surface area contributed by atoms with Gasteiger partial charge in [0.25, 0.3) is 0 Å². The predicted octanol–water partition coefficient (Wildman–Crippen LogP) is 2.55. The van der Waals surface area contributed by atoms with Crippen LogP contribution >= 0.6 is 11.6 Å². The molecule has 100 valence electrons. The molecule has 0 atom stereocenters. The van der Waals surface area contributed by atoms with Crippen molar-refractivity contribution in [1.29, 1.82) is 0 Å². The number of fused-ring (bicyclic) bond motifs is 1. The quantitative estimate of drug-likeness (QED) is 0.679. The van der Waals surface area contributed by atoms with Crippen molar-refractivity contribution in [3.05, 3.63) is 59.8 Å². The molecule has 0 saturated carbocycles. The topological polar surface area (TPSA) is 22.1 Å². The molecule has 20 heavy (non-hydrogen) atoms. The van der Waals surface area contributed by atoms with Crippen molar-refractivity contribution in [2.75, 3.05) is 7.11 Å². The van der Waals surface area contributed by atoms with Crippen LogP contribution in [-0.4, -0.2) is 27.1 Å². The minimum atomic E-state index is 0.237. The molecule has 1 aromatic heterocycles. The van der Waals surface area contributed by atoms with Crippen LogP contribution in [0.1, 0.15) is 0 Å². The third-order valence-electron chi connectivity index (χ3n) is 2.95. The Morgan fingerprint density at radius 2 is 1.85 bits per heavy atom. The molecule has 0 spiro atoms. The van der Waals surface area contributed by atoms with Crippen LogP contribution in [-0.2, 0) is 0 Å². The van der Waals surface area contributed by atoms with E-state index in [1.165, 1.54) is 14.3 Å². The van der Waals surface area contributed by atoms with Crippen LogP contribution in [0.15, 0.2) is 54.7 Å². The molecule has 3 aromatic rings. The number of aromatic nitrogens is 1. The van der Waals surface area contributed by atoms with Crippen molar-refractivity contribution in [2.45, 2.75) is 0 Å². The fourth-order valence-electron chi connectivity index (χ4n) is 1.95. The molecule has 0 saturated heterocycles. The Kier molecular flexibility index (Phi) is 3.93. The first-order valence-corrected chi connectivity index (χ1v) is 8.21. The monoisotopic (exact) mass is 349 g/mol. The molecule has 0 amide bonds. The van der Waals surface area contributed by atoms with E-state index in [9.17, 15) is 0 Å². The number of nitrogens with zero attached hydrogens (tertiary/aromatic N) is 1. The summed E-state index contributed by atoms with van der Waals surface area (Å²) in [5.74, 6) is 0.885. The van der Waals surface area contributed by atoms with E-state index in [-0.39, 0.29) is 15.0 Å². The normalized spacial score (nSPS) is 10.7. The number of methoxy groups -OCH3 is 1. The van der Waals surface area contributed by atoms with E-state index in [1.807, 2.05) is 36.5 Å². The number of hydrogen-bond acceptors (Lipinski definition) is 2. The third-order valence-corrected chi connectivity index (χ3v) is 5.46. The SMILES string of the molecule is COc1ccc([Se]c2ccnc3cc(Cl)ccc23)cc1. The summed E-state index contributed by atoms with van der Waals surface area (Å²) in [6, 6.07) is 16.2. The van der Waals surface area contributed by atoms with Gasteiger partial charge in [0.05, 0.1) is 0 Å². The summed E-state index contributed by atoms with van der Waals surface area (Å²) < 4.78 is 7.80. The second-order valence-electron chi connectivity index (χ2n) is 4.25. The number of rotatable bonds is 3. The molecule has 3 rings (SSSR count). The molecular weight excluding hydrogens is 337 g/mol. The number of pyridine rings is 1. The van der Waals surface area contributed by atoms with E-state index in [2.05, 4.69) is 23.2 Å². The molecular formula is C16H12ClNOSe. The summed E-state index contributed by atoms with van der Waals surface area (Å²) in [4.78, 5) is 4.38. The van der Waals surface area contributed by atoms with Gasteiger partial charge in [-0.1, -0.05) is 0 Å². The molecule has 2 aromatic carbocycles. The Bertz CT molecular complexity index is 743. The summed E-state index contributed by atoms with van der Waals surface area (Å²) >= 11 is 6.25. The fourth-order valence-corrected chi connectivity index (χ4v) is 4.09. The van der Waals surface area contributed by atoms with Gasteiger partial charge in [-0.2, -0.15) is 0 Å². The van der Waals surface area contributed by atoms with Gasteiger partial charge in [0.1, 0.15) is 0 Å². The van der Waals surface area contributed by atoms with Crippen molar-refractivity contribution in [3.63, 3.8) is 0 Å². The van der Waals surface area contributed by atoms with E-state index in [0.717, 1.165) is 16.3 Å². The van der Waals surface area contributed by atoms with Crippen molar-refractivity contribution in [2.24, 2.45) is 0 Å². The minimum absolute atomic E-state index is 0.237. The maximum absolute atomic E-state index is 6.02.